The molecule has 1 aliphatic rings. The molecular formula is C13H25NO. The molecule has 0 atom stereocenters. The molecule has 88 valence electrons. The van der Waals surface area contributed by atoms with Crippen LogP contribution in [0.5, 0.6) is 0 Å². The number of nitrogens with one attached hydrogen (secondary N) is 1. The van der Waals surface area contributed by atoms with E-state index in [1.807, 2.05) is 0 Å². The zero-order chi connectivity index (χ0) is 11.7. The Hall–Kier alpha value is -0.530. The van der Waals surface area contributed by atoms with Crippen molar-refractivity contribution in [3.63, 3.8) is 0 Å². The first-order valence-electron chi connectivity index (χ1n) is 5.97. The van der Waals surface area contributed by atoms with Gasteiger partial charge < -0.3 is 5.32 Å². The molecule has 0 unspecified atom stereocenters. The van der Waals surface area contributed by atoms with Gasteiger partial charge in [-0.15, -0.1) is 0 Å². The minimum absolute atomic E-state index is 0.105. The summed E-state index contributed by atoms with van der Waals surface area (Å²) < 4.78 is 0. The highest BCUT2D eigenvalue weighted by Crippen LogP contribution is 2.41. The predicted octanol–water partition coefficient (Wildman–Crippen LogP) is 3.12. The average Bonchev–Trinajstić information content (AvgIpc) is 2.06. The zero-order valence-electron chi connectivity index (χ0n) is 10.8. The van der Waals surface area contributed by atoms with Crippen LogP contribution in [0.3, 0.4) is 0 Å². The van der Waals surface area contributed by atoms with Crippen LogP contribution in [0, 0.1) is 10.8 Å². The van der Waals surface area contributed by atoms with E-state index in [4.69, 9.17) is 0 Å². The largest absolute Gasteiger partial charge is 0.354 e. The maximum Gasteiger partial charge on any atom is 0.217 e. The van der Waals surface area contributed by atoms with Gasteiger partial charge in [-0.2, -0.15) is 0 Å². The van der Waals surface area contributed by atoms with Crippen LogP contribution in [0.2, 0.25) is 0 Å². The van der Waals surface area contributed by atoms with Crippen molar-refractivity contribution in [3.8, 4) is 0 Å². The lowest BCUT2D eigenvalue weighted by Crippen LogP contribution is -2.37. The van der Waals surface area contributed by atoms with Crippen molar-refractivity contribution in [2.24, 2.45) is 10.8 Å². The Bertz CT molecular complexity index is 225. The second-order valence-corrected chi connectivity index (χ2v) is 6.63. The SMILES string of the molecule is CC(=O)NC1CC(C)(C)CCC(C)(C)C1. The molecule has 0 aromatic heterocycles. The van der Waals surface area contributed by atoms with Crippen molar-refractivity contribution in [3.05, 3.63) is 0 Å². The highest BCUT2D eigenvalue weighted by molar-refractivity contribution is 5.73. The molecule has 1 N–H and O–H groups in total. The summed E-state index contributed by atoms with van der Waals surface area (Å²) in [5.41, 5.74) is 0.724. The maximum absolute atomic E-state index is 11.1. The molecule has 1 aliphatic carbocycles. The molecule has 1 amide bonds. The van der Waals surface area contributed by atoms with E-state index in [1.54, 1.807) is 6.92 Å². The van der Waals surface area contributed by atoms with Crippen molar-refractivity contribution >= 4 is 5.91 Å². The molecule has 0 radical (unpaired) electrons. The van der Waals surface area contributed by atoms with Crippen molar-refractivity contribution < 1.29 is 4.79 Å². The third-order valence-electron chi connectivity index (χ3n) is 3.48. The second kappa shape index (κ2) is 4.15. The Kier molecular flexibility index (Phi) is 3.47. The Morgan fingerprint density at radius 3 is 1.80 bits per heavy atom. The van der Waals surface area contributed by atoms with E-state index in [-0.39, 0.29) is 5.91 Å². The van der Waals surface area contributed by atoms with Crippen LogP contribution in [-0.4, -0.2) is 11.9 Å². The number of rotatable bonds is 1. The number of hydrogen-bond donors (Lipinski definition) is 1. The third-order valence-corrected chi connectivity index (χ3v) is 3.48. The van der Waals surface area contributed by atoms with Gasteiger partial charge in [0.1, 0.15) is 0 Å². The zero-order valence-corrected chi connectivity index (χ0v) is 10.8. The van der Waals surface area contributed by atoms with E-state index >= 15 is 0 Å². The Morgan fingerprint density at radius 2 is 1.47 bits per heavy atom. The predicted molar refractivity (Wildman–Crippen MR) is 63.6 cm³/mol. The number of hydrogen-bond acceptors (Lipinski definition) is 1. The van der Waals surface area contributed by atoms with Crippen molar-refractivity contribution in [1.29, 1.82) is 0 Å². The normalized spacial score (nSPS) is 25.7. The molecule has 15 heavy (non-hydrogen) atoms. The minimum atomic E-state index is 0.105. The van der Waals surface area contributed by atoms with Crippen LogP contribution in [0.15, 0.2) is 0 Å². The fraction of sp³-hybridized carbons (Fsp3) is 0.923. The summed E-state index contributed by atoms with van der Waals surface area (Å²) in [5.74, 6) is 0.105. The van der Waals surface area contributed by atoms with Crippen LogP contribution in [0.1, 0.15) is 60.3 Å². The molecule has 0 aromatic carbocycles. The summed E-state index contributed by atoms with van der Waals surface area (Å²) in [6.45, 7) is 10.9. The quantitative estimate of drug-likeness (QED) is 0.663. The van der Waals surface area contributed by atoms with E-state index < -0.39 is 0 Å². The Balaban J connectivity index is 2.72. The molecule has 0 bridgehead atoms. The molecule has 1 fully saturated rings. The van der Waals surface area contributed by atoms with Crippen LogP contribution in [0.4, 0.5) is 0 Å². The smallest absolute Gasteiger partial charge is 0.217 e. The van der Waals surface area contributed by atoms with Gasteiger partial charge in [-0.1, -0.05) is 27.7 Å². The third kappa shape index (κ3) is 4.23. The molecule has 1 rings (SSSR count). The summed E-state index contributed by atoms with van der Waals surface area (Å²) in [6, 6.07) is 0.356. The molecular weight excluding hydrogens is 186 g/mol. The number of amides is 1. The van der Waals surface area contributed by atoms with Gasteiger partial charge in [0.05, 0.1) is 0 Å². The summed E-state index contributed by atoms with van der Waals surface area (Å²) in [5, 5.41) is 3.09. The van der Waals surface area contributed by atoms with E-state index in [0.717, 1.165) is 12.8 Å². The van der Waals surface area contributed by atoms with Crippen molar-refractivity contribution in [2.75, 3.05) is 0 Å². The first kappa shape index (κ1) is 12.5. The van der Waals surface area contributed by atoms with E-state index in [9.17, 15) is 4.79 Å². The van der Waals surface area contributed by atoms with Crippen LogP contribution < -0.4 is 5.32 Å². The van der Waals surface area contributed by atoms with Crippen molar-refractivity contribution in [1.82, 2.24) is 5.32 Å². The lowest BCUT2D eigenvalue weighted by atomic mass is 9.81. The molecule has 0 heterocycles. The van der Waals surface area contributed by atoms with E-state index in [2.05, 4.69) is 33.0 Å². The Labute approximate surface area is 93.8 Å². The molecule has 2 heteroatoms. The van der Waals surface area contributed by atoms with Gasteiger partial charge in [0.15, 0.2) is 0 Å². The molecule has 0 aliphatic heterocycles. The van der Waals surface area contributed by atoms with Gasteiger partial charge in [0.2, 0.25) is 5.91 Å². The summed E-state index contributed by atoms with van der Waals surface area (Å²) in [7, 11) is 0. The van der Waals surface area contributed by atoms with Gasteiger partial charge in [0.25, 0.3) is 0 Å². The fourth-order valence-electron chi connectivity index (χ4n) is 2.68. The highest BCUT2D eigenvalue weighted by atomic mass is 16.1. The van der Waals surface area contributed by atoms with Crippen molar-refractivity contribution in [2.45, 2.75) is 66.3 Å². The molecule has 0 spiro atoms. The first-order valence-corrected chi connectivity index (χ1v) is 5.97. The van der Waals surface area contributed by atoms with Crippen LogP contribution in [0.25, 0.3) is 0 Å². The fourth-order valence-corrected chi connectivity index (χ4v) is 2.68. The lowest BCUT2D eigenvalue weighted by Gasteiger charge is -2.27. The minimum Gasteiger partial charge on any atom is -0.354 e. The number of carbonyl (C=O) groups is 1. The van der Waals surface area contributed by atoms with Crippen LogP contribution >= 0.6 is 0 Å². The van der Waals surface area contributed by atoms with E-state index in [1.165, 1.54) is 12.8 Å². The first-order chi connectivity index (χ1) is 6.70. The van der Waals surface area contributed by atoms with E-state index in [0.29, 0.717) is 16.9 Å². The van der Waals surface area contributed by atoms with Gasteiger partial charge in [-0.25, -0.2) is 0 Å². The van der Waals surface area contributed by atoms with Gasteiger partial charge >= 0.3 is 0 Å². The monoisotopic (exact) mass is 211 g/mol. The summed E-state index contributed by atoms with van der Waals surface area (Å²) in [6.07, 6.45) is 4.73. The van der Waals surface area contributed by atoms with Gasteiger partial charge in [-0.3, -0.25) is 4.79 Å². The average molecular weight is 211 g/mol. The van der Waals surface area contributed by atoms with Gasteiger partial charge in [-0.05, 0) is 36.5 Å². The molecule has 0 saturated heterocycles. The highest BCUT2D eigenvalue weighted by Gasteiger charge is 2.34. The van der Waals surface area contributed by atoms with Gasteiger partial charge in [0, 0.05) is 13.0 Å². The Morgan fingerprint density at radius 1 is 1.07 bits per heavy atom. The van der Waals surface area contributed by atoms with Crippen LogP contribution in [-0.2, 0) is 4.79 Å². The lowest BCUT2D eigenvalue weighted by molar-refractivity contribution is -0.119. The maximum atomic E-state index is 11.1. The summed E-state index contributed by atoms with van der Waals surface area (Å²) in [4.78, 5) is 11.1. The molecule has 2 nitrogen and oxygen atoms in total. The standard InChI is InChI=1S/C13H25NO/c1-10(15)14-11-8-12(2,3)6-7-13(4,5)9-11/h11H,6-9H2,1-5H3,(H,14,15). The molecule has 1 saturated carbocycles. The topological polar surface area (TPSA) is 29.1 Å². The molecule has 0 aromatic rings. The second-order valence-electron chi connectivity index (χ2n) is 6.63. The number of carbonyl (C=O) groups excluding carboxylic acids is 1. The summed E-state index contributed by atoms with van der Waals surface area (Å²) >= 11 is 0.